The summed E-state index contributed by atoms with van der Waals surface area (Å²) in [5.74, 6) is -0.119. The highest BCUT2D eigenvalue weighted by molar-refractivity contribution is 9.10. The van der Waals surface area contributed by atoms with Gasteiger partial charge >= 0.3 is 0 Å². The molecule has 94 valence electrons. The Morgan fingerprint density at radius 2 is 2.35 bits per heavy atom. The number of hydrogen-bond acceptors (Lipinski definition) is 2. The topological polar surface area (TPSA) is 15.3 Å². The second kappa shape index (κ2) is 5.94. The summed E-state index contributed by atoms with van der Waals surface area (Å²) in [6.45, 7) is 5.88. The summed E-state index contributed by atoms with van der Waals surface area (Å²) in [5.41, 5.74) is 0.782. The second-order valence-electron chi connectivity index (χ2n) is 4.53. The van der Waals surface area contributed by atoms with Gasteiger partial charge in [-0.1, -0.05) is 28.9 Å². The number of nitrogens with zero attached hydrogens (tertiary/aromatic N) is 1. The van der Waals surface area contributed by atoms with E-state index in [0.717, 1.165) is 36.1 Å². The van der Waals surface area contributed by atoms with E-state index >= 15 is 0 Å². The Labute approximate surface area is 110 Å². The standard InChI is InChI=1S/C13H18BrFN2/c1-2-12-9-17(6-5-16-12)8-10-3-4-11(14)7-13(10)15/h3-4,7,12,16H,2,5-6,8-9H2,1H3. The largest absolute Gasteiger partial charge is 0.311 e. The lowest BCUT2D eigenvalue weighted by atomic mass is 10.1. The summed E-state index contributed by atoms with van der Waals surface area (Å²) in [5, 5.41) is 3.47. The summed E-state index contributed by atoms with van der Waals surface area (Å²) < 4.78 is 14.5. The molecule has 1 N–H and O–H groups in total. The van der Waals surface area contributed by atoms with Crippen molar-refractivity contribution in [3.63, 3.8) is 0 Å². The Hall–Kier alpha value is -0.450. The molecular weight excluding hydrogens is 283 g/mol. The Bertz CT molecular complexity index is 384. The van der Waals surface area contributed by atoms with E-state index in [0.29, 0.717) is 12.6 Å². The number of rotatable bonds is 3. The van der Waals surface area contributed by atoms with E-state index < -0.39 is 0 Å². The average Bonchev–Trinajstić information content (AvgIpc) is 2.33. The number of piperazine rings is 1. The zero-order chi connectivity index (χ0) is 12.3. The van der Waals surface area contributed by atoms with E-state index in [2.05, 4.69) is 33.1 Å². The molecule has 1 saturated heterocycles. The van der Waals surface area contributed by atoms with Gasteiger partial charge in [0.1, 0.15) is 5.82 Å². The number of nitrogens with one attached hydrogen (secondary N) is 1. The van der Waals surface area contributed by atoms with E-state index in [-0.39, 0.29) is 5.82 Å². The molecule has 0 aromatic heterocycles. The molecule has 0 spiro atoms. The highest BCUT2D eigenvalue weighted by Crippen LogP contribution is 2.17. The molecule has 1 aromatic carbocycles. The molecule has 0 saturated carbocycles. The Kier molecular flexibility index (Phi) is 4.54. The average molecular weight is 301 g/mol. The lowest BCUT2D eigenvalue weighted by Gasteiger charge is -2.33. The lowest BCUT2D eigenvalue weighted by Crippen LogP contribution is -2.49. The molecule has 1 atom stereocenters. The molecular formula is C13H18BrFN2. The molecule has 1 fully saturated rings. The highest BCUT2D eigenvalue weighted by atomic mass is 79.9. The van der Waals surface area contributed by atoms with E-state index in [4.69, 9.17) is 0 Å². The number of benzene rings is 1. The van der Waals surface area contributed by atoms with Gasteiger partial charge < -0.3 is 5.32 Å². The fourth-order valence-electron chi connectivity index (χ4n) is 2.20. The first-order valence-corrected chi connectivity index (χ1v) is 6.88. The smallest absolute Gasteiger partial charge is 0.128 e. The molecule has 2 nitrogen and oxygen atoms in total. The summed E-state index contributed by atoms with van der Waals surface area (Å²) in [7, 11) is 0. The third-order valence-electron chi connectivity index (χ3n) is 3.24. The molecule has 0 radical (unpaired) electrons. The third-order valence-corrected chi connectivity index (χ3v) is 3.73. The number of halogens is 2. The summed E-state index contributed by atoms with van der Waals surface area (Å²) >= 11 is 3.28. The van der Waals surface area contributed by atoms with E-state index in [1.165, 1.54) is 6.07 Å². The van der Waals surface area contributed by atoms with Crippen molar-refractivity contribution >= 4 is 15.9 Å². The summed E-state index contributed by atoms with van der Waals surface area (Å²) in [6.07, 6.45) is 1.12. The van der Waals surface area contributed by atoms with E-state index in [9.17, 15) is 4.39 Å². The first-order chi connectivity index (χ1) is 8.19. The third kappa shape index (κ3) is 3.50. The van der Waals surface area contributed by atoms with Gasteiger partial charge in [0, 0.05) is 42.3 Å². The van der Waals surface area contributed by atoms with Gasteiger partial charge in [0.25, 0.3) is 0 Å². The van der Waals surface area contributed by atoms with Crippen LogP contribution in [0.1, 0.15) is 18.9 Å². The van der Waals surface area contributed by atoms with Crippen molar-refractivity contribution in [3.05, 3.63) is 34.1 Å². The van der Waals surface area contributed by atoms with Crippen molar-refractivity contribution in [2.45, 2.75) is 25.9 Å². The van der Waals surface area contributed by atoms with Crippen LogP contribution in [-0.4, -0.2) is 30.6 Å². The van der Waals surface area contributed by atoms with Crippen LogP contribution in [0.15, 0.2) is 22.7 Å². The van der Waals surface area contributed by atoms with Crippen molar-refractivity contribution in [2.75, 3.05) is 19.6 Å². The van der Waals surface area contributed by atoms with Crippen LogP contribution < -0.4 is 5.32 Å². The van der Waals surface area contributed by atoms with Crippen LogP contribution in [0.2, 0.25) is 0 Å². The molecule has 1 aromatic rings. The van der Waals surface area contributed by atoms with Crippen LogP contribution >= 0.6 is 15.9 Å². The van der Waals surface area contributed by atoms with Crippen molar-refractivity contribution in [3.8, 4) is 0 Å². The fourth-order valence-corrected chi connectivity index (χ4v) is 2.54. The van der Waals surface area contributed by atoms with Gasteiger partial charge in [-0.15, -0.1) is 0 Å². The zero-order valence-electron chi connectivity index (χ0n) is 10.0. The van der Waals surface area contributed by atoms with Gasteiger partial charge in [-0.2, -0.15) is 0 Å². The SMILES string of the molecule is CCC1CN(Cc2ccc(Br)cc2F)CCN1. The summed E-state index contributed by atoms with van der Waals surface area (Å²) in [6, 6.07) is 5.84. The normalized spacial score (nSPS) is 21.7. The second-order valence-corrected chi connectivity index (χ2v) is 5.45. The van der Waals surface area contributed by atoms with Crippen LogP contribution in [0.3, 0.4) is 0 Å². The van der Waals surface area contributed by atoms with Crippen molar-refractivity contribution in [1.82, 2.24) is 10.2 Å². The van der Waals surface area contributed by atoms with Crippen LogP contribution in [0.25, 0.3) is 0 Å². The monoisotopic (exact) mass is 300 g/mol. The molecule has 0 bridgehead atoms. The van der Waals surface area contributed by atoms with E-state index in [1.54, 1.807) is 0 Å². The zero-order valence-corrected chi connectivity index (χ0v) is 11.6. The van der Waals surface area contributed by atoms with Gasteiger partial charge in [0.05, 0.1) is 0 Å². The fraction of sp³-hybridized carbons (Fsp3) is 0.538. The maximum Gasteiger partial charge on any atom is 0.128 e. The Morgan fingerprint density at radius 3 is 3.06 bits per heavy atom. The molecule has 1 aliphatic heterocycles. The molecule has 2 rings (SSSR count). The Balaban J connectivity index is 2.00. The minimum atomic E-state index is -0.119. The minimum Gasteiger partial charge on any atom is -0.311 e. The minimum absolute atomic E-state index is 0.119. The quantitative estimate of drug-likeness (QED) is 0.923. The molecule has 0 aliphatic carbocycles. The highest BCUT2D eigenvalue weighted by Gasteiger charge is 2.18. The molecule has 1 aliphatic rings. The van der Waals surface area contributed by atoms with Gasteiger partial charge in [0.15, 0.2) is 0 Å². The van der Waals surface area contributed by atoms with Gasteiger partial charge in [-0.3, -0.25) is 4.90 Å². The van der Waals surface area contributed by atoms with Gasteiger partial charge in [0.2, 0.25) is 0 Å². The van der Waals surface area contributed by atoms with Gasteiger partial charge in [-0.25, -0.2) is 4.39 Å². The summed E-state index contributed by atoms with van der Waals surface area (Å²) in [4.78, 5) is 2.32. The first-order valence-electron chi connectivity index (χ1n) is 6.08. The predicted octanol–water partition coefficient (Wildman–Crippen LogP) is 2.77. The maximum atomic E-state index is 13.7. The first kappa shape index (κ1) is 13.0. The van der Waals surface area contributed by atoms with Crippen molar-refractivity contribution in [1.29, 1.82) is 0 Å². The van der Waals surface area contributed by atoms with Gasteiger partial charge in [-0.05, 0) is 18.6 Å². The molecule has 0 amide bonds. The van der Waals surface area contributed by atoms with Crippen LogP contribution in [0.4, 0.5) is 4.39 Å². The predicted molar refractivity (Wildman–Crippen MR) is 71.5 cm³/mol. The van der Waals surface area contributed by atoms with Crippen LogP contribution in [0.5, 0.6) is 0 Å². The molecule has 1 unspecified atom stereocenters. The number of hydrogen-bond donors (Lipinski definition) is 1. The van der Waals surface area contributed by atoms with Crippen molar-refractivity contribution in [2.24, 2.45) is 0 Å². The lowest BCUT2D eigenvalue weighted by molar-refractivity contribution is 0.188. The van der Waals surface area contributed by atoms with Crippen LogP contribution in [0, 0.1) is 5.82 Å². The van der Waals surface area contributed by atoms with E-state index in [1.807, 2.05) is 12.1 Å². The maximum absolute atomic E-state index is 13.7. The van der Waals surface area contributed by atoms with Crippen LogP contribution in [-0.2, 0) is 6.54 Å². The van der Waals surface area contributed by atoms with Crippen molar-refractivity contribution < 1.29 is 4.39 Å². The molecule has 4 heteroatoms. The molecule has 1 heterocycles. The molecule has 17 heavy (non-hydrogen) atoms. The Morgan fingerprint density at radius 1 is 1.53 bits per heavy atom.